The largest absolute Gasteiger partial charge is 0.388 e. The van der Waals surface area contributed by atoms with Crippen LogP contribution >= 0.6 is 0 Å². The highest BCUT2D eigenvalue weighted by atomic mass is 16.6. The van der Waals surface area contributed by atoms with Crippen molar-refractivity contribution in [1.29, 1.82) is 0 Å². The van der Waals surface area contributed by atoms with E-state index in [4.69, 9.17) is 0 Å². The van der Waals surface area contributed by atoms with Crippen LogP contribution in [0.4, 0.5) is 11.4 Å². The lowest BCUT2D eigenvalue weighted by Gasteiger charge is -2.32. The number of hydrogen-bond donors (Lipinski definition) is 1. The van der Waals surface area contributed by atoms with Gasteiger partial charge in [-0.25, -0.2) is 0 Å². The fourth-order valence-electron chi connectivity index (χ4n) is 2.71. The molecule has 6 nitrogen and oxygen atoms in total. The Morgan fingerprint density at radius 2 is 1.88 bits per heavy atom. The average Bonchev–Trinajstić information content (AvgIpc) is 2.61. The Bertz CT molecular complexity index is 788. The van der Waals surface area contributed by atoms with Crippen molar-refractivity contribution in [2.24, 2.45) is 0 Å². The number of Topliss-reactive ketones (excluding diaryl/α,β-unsaturated/α-hetero) is 1. The molecule has 0 aliphatic carbocycles. The number of nitro benzene ring substituents is 1. The van der Waals surface area contributed by atoms with E-state index < -0.39 is 10.5 Å². The Morgan fingerprint density at radius 1 is 1.23 bits per heavy atom. The first-order valence-electron chi connectivity index (χ1n) is 8.54. The van der Waals surface area contributed by atoms with E-state index >= 15 is 0 Å². The van der Waals surface area contributed by atoms with Crippen LogP contribution in [0, 0.1) is 10.1 Å². The van der Waals surface area contributed by atoms with Crippen LogP contribution in [0.1, 0.15) is 43.1 Å². The van der Waals surface area contributed by atoms with Crippen molar-refractivity contribution in [3.63, 3.8) is 0 Å². The summed E-state index contributed by atoms with van der Waals surface area (Å²) in [5.41, 5.74) is 0.520. The third kappa shape index (κ3) is 4.89. The number of nitrogens with zero attached hydrogens (tertiary/aromatic N) is 2. The molecule has 0 saturated heterocycles. The van der Waals surface area contributed by atoms with Gasteiger partial charge < -0.3 is 10.0 Å². The number of nitro groups is 1. The third-order valence-corrected chi connectivity index (χ3v) is 4.43. The molecular formula is C20H24N2O4. The van der Waals surface area contributed by atoms with Crippen LogP contribution < -0.4 is 4.90 Å². The van der Waals surface area contributed by atoms with Crippen LogP contribution in [0.2, 0.25) is 0 Å². The summed E-state index contributed by atoms with van der Waals surface area (Å²) >= 11 is 0. The van der Waals surface area contributed by atoms with Gasteiger partial charge in [0, 0.05) is 24.7 Å². The standard InChI is InChI=1S/C20H24N2O4/c1-4-20(3,24)14-21(13-16-8-6-5-7-9-16)18-11-10-17(15(2)23)12-19(18)22(25)26/h5-12,24H,4,13-14H2,1-3H3. The highest BCUT2D eigenvalue weighted by Gasteiger charge is 2.27. The van der Waals surface area contributed by atoms with Crippen molar-refractivity contribution in [3.05, 3.63) is 69.8 Å². The number of ketones is 1. The smallest absolute Gasteiger partial charge is 0.293 e. The number of hydrogen-bond acceptors (Lipinski definition) is 5. The van der Waals surface area contributed by atoms with E-state index in [1.807, 2.05) is 37.3 Å². The van der Waals surface area contributed by atoms with Gasteiger partial charge in [-0.2, -0.15) is 0 Å². The van der Waals surface area contributed by atoms with E-state index in [-0.39, 0.29) is 18.0 Å². The zero-order valence-electron chi connectivity index (χ0n) is 15.3. The first-order chi connectivity index (χ1) is 12.2. The first-order valence-corrected chi connectivity index (χ1v) is 8.54. The second-order valence-electron chi connectivity index (χ2n) is 6.71. The molecule has 1 atom stereocenters. The van der Waals surface area contributed by atoms with Gasteiger partial charge >= 0.3 is 0 Å². The predicted octanol–water partition coefficient (Wildman–Crippen LogP) is 3.97. The van der Waals surface area contributed by atoms with Gasteiger partial charge in [0.15, 0.2) is 5.78 Å². The molecule has 1 N–H and O–H groups in total. The minimum Gasteiger partial charge on any atom is -0.388 e. The predicted molar refractivity (Wildman–Crippen MR) is 102 cm³/mol. The molecule has 1 unspecified atom stereocenters. The van der Waals surface area contributed by atoms with Crippen LogP contribution in [-0.4, -0.2) is 28.0 Å². The summed E-state index contributed by atoms with van der Waals surface area (Å²) in [6.07, 6.45) is 0.512. The maximum absolute atomic E-state index is 11.6. The molecule has 0 amide bonds. The maximum atomic E-state index is 11.6. The van der Waals surface area contributed by atoms with Gasteiger partial charge in [-0.3, -0.25) is 14.9 Å². The summed E-state index contributed by atoms with van der Waals surface area (Å²) in [6, 6.07) is 14.0. The van der Waals surface area contributed by atoms with Gasteiger partial charge in [-0.15, -0.1) is 0 Å². The van der Waals surface area contributed by atoms with Crippen molar-refractivity contribution in [1.82, 2.24) is 0 Å². The number of aliphatic hydroxyl groups is 1. The molecule has 0 aliphatic rings. The fourth-order valence-corrected chi connectivity index (χ4v) is 2.71. The lowest BCUT2D eigenvalue weighted by atomic mass is 10.0. The molecule has 6 heteroatoms. The van der Waals surface area contributed by atoms with Gasteiger partial charge in [0.2, 0.25) is 0 Å². The zero-order valence-corrected chi connectivity index (χ0v) is 15.3. The Morgan fingerprint density at radius 3 is 2.42 bits per heavy atom. The van der Waals surface area contributed by atoms with Gasteiger partial charge in [-0.1, -0.05) is 37.3 Å². The van der Waals surface area contributed by atoms with Crippen molar-refractivity contribution < 1.29 is 14.8 Å². The Labute approximate surface area is 153 Å². The molecule has 0 heterocycles. The molecule has 2 aromatic rings. The summed E-state index contributed by atoms with van der Waals surface area (Å²) in [7, 11) is 0. The lowest BCUT2D eigenvalue weighted by Crippen LogP contribution is -2.40. The number of carbonyl (C=O) groups is 1. The van der Waals surface area contributed by atoms with Gasteiger partial charge in [-0.05, 0) is 38.0 Å². The quantitative estimate of drug-likeness (QED) is 0.440. The Balaban J connectivity index is 2.50. The van der Waals surface area contributed by atoms with Crippen LogP contribution in [-0.2, 0) is 6.54 Å². The van der Waals surface area contributed by atoms with Crippen molar-refractivity contribution in [3.8, 4) is 0 Å². The minimum atomic E-state index is -0.998. The molecule has 0 aromatic heterocycles. The summed E-state index contributed by atoms with van der Waals surface area (Å²) in [5, 5.41) is 22.1. The molecule has 0 radical (unpaired) electrons. The molecule has 0 fully saturated rings. The lowest BCUT2D eigenvalue weighted by molar-refractivity contribution is -0.384. The molecule has 138 valence electrons. The molecule has 0 aliphatic heterocycles. The second-order valence-corrected chi connectivity index (χ2v) is 6.71. The van der Waals surface area contributed by atoms with Gasteiger partial charge in [0.1, 0.15) is 5.69 Å². The van der Waals surface area contributed by atoms with Gasteiger partial charge in [0.05, 0.1) is 10.5 Å². The molecule has 0 spiro atoms. The Kier molecular flexibility index (Phi) is 6.10. The van der Waals surface area contributed by atoms with Crippen molar-refractivity contribution in [2.75, 3.05) is 11.4 Å². The van der Waals surface area contributed by atoms with E-state index in [9.17, 15) is 20.0 Å². The number of carbonyl (C=O) groups excluding carboxylic acids is 1. The van der Waals surface area contributed by atoms with Crippen LogP contribution in [0.5, 0.6) is 0 Å². The average molecular weight is 356 g/mol. The summed E-state index contributed by atoms with van der Waals surface area (Å²) in [4.78, 5) is 24.5. The van der Waals surface area contributed by atoms with Crippen molar-refractivity contribution >= 4 is 17.2 Å². The minimum absolute atomic E-state index is 0.138. The molecule has 0 saturated carbocycles. The SMILES string of the molecule is CCC(C)(O)CN(Cc1ccccc1)c1ccc(C(C)=O)cc1[N+](=O)[O-]. The van der Waals surface area contributed by atoms with Crippen LogP contribution in [0.25, 0.3) is 0 Å². The van der Waals surface area contributed by atoms with Gasteiger partial charge in [0.25, 0.3) is 5.69 Å². The van der Waals surface area contributed by atoms with E-state index in [1.165, 1.54) is 13.0 Å². The summed E-state index contributed by atoms with van der Waals surface area (Å²) in [5.74, 6) is -0.227. The second kappa shape index (κ2) is 8.10. The molecule has 2 aromatic carbocycles. The number of benzene rings is 2. The van der Waals surface area contributed by atoms with E-state index in [0.29, 0.717) is 24.2 Å². The highest BCUT2D eigenvalue weighted by molar-refractivity contribution is 5.95. The van der Waals surface area contributed by atoms with E-state index in [0.717, 1.165) is 5.56 Å². The zero-order chi connectivity index (χ0) is 19.3. The Hall–Kier alpha value is -2.73. The number of anilines is 1. The van der Waals surface area contributed by atoms with Crippen LogP contribution in [0.3, 0.4) is 0 Å². The molecule has 2 rings (SSSR count). The topological polar surface area (TPSA) is 83.7 Å². The normalized spacial score (nSPS) is 13.1. The van der Waals surface area contributed by atoms with Crippen molar-refractivity contribution in [2.45, 2.75) is 39.3 Å². The third-order valence-electron chi connectivity index (χ3n) is 4.43. The first kappa shape index (κ1) is 19.6. The molecule has 26 heavy (non-hydrogen) atoms. The highest BCUT2D eigenvalue weighted by Crippen LogP contribution is 2.32. The molecule has 0 bridgehead atoms. The van der Waals surface area contributed by atoms with E-state index in [1.54, 1.807) is 24.0 Å². The maximum Gasteiger partial charge on any atom is 0.293 e. The van der Waals surface area contributed by atoms with Crippen LogP contribution in [0.15, 0.2) is 48.5 Å². The molecular weight excluding hydrogens is 332 g/mol. The summed E-state index contributed by atoms with van der Waals surface area (Å²) in [6.45, 7) is 5.60. The number of rotatable bonds is 8. The monoisotopic (exact) mass is 356 g/mol. The fraction of sp³-hybridized carbons (Fsp3) is 0.350. The summed E-state index contributed by atoms with van der Waals surface area (Å²) < 4.78 is 0. The van der Waals surface area contributed by atoms with E-state index in [2.05, 4.69) is 0 Å².